The van der Waals surface area contributed by atoms with E-state index in [1.54, 1.807) is 12.4 Å². The van der Waals surface area contributed by atoms with Crippen molar-refractivity contribution in [3.8, 4) is 5.69 Å². The third kappa shape index (κ3) is 4.41. The first-order valence-electron chi connectivity index (χ1n) is 11.1. The van der Waals surface area contributed by atoms with Crippen LogP contribution in [0, 0.1) is 5.82 Å². The van der Waals surface area contributed by atoms with E-state index >= 15 is 4.39 Å². The van der Waals surface area contributed by atoms with E-state index in [1.807, 2.05) is 34.9 Å². The maximum atomic E-state index is 15.0. The highest BCUT2D eigenvalue weighted by molar-refractivity contribution is 6.06. The van der Waals surface area contributed by atoms with E-state index in [1.165, 1.54) is 19.5 Å². The number of nitrogens with zero attached hydrogens (tertiary/aromatic N) is 5. The van der Waals surface area contributed by atoms with Gasteiger partial charge < -0.3 is 20.4 Å². The summed E-state index contributed by atoms with van der Waals surface area (Å²) in [6.45, 7) is 1.08. The lowest BCUT2D eigenvalue weighted by Gasteiger charge is -2.13. The fourth-order valence-corrected chi connectivity index (χ4v) is 3.98. The van der Waals surface area contributed by atoms with Crippen LogP contribution >= 0.6 is 0 Å². The van der Waals surface area contributed by atoms with Crippen molar-refractivity contribution in [2.45, 2.75) is 6.42 Å². The summed E-state index contributed by atoms with van der Waals surface area (Å²) in [5, 5.41) is 6.00. The summed E-state index contributed by atoms with van der Waals surface area (Å²) in [5.41, 5.74) is 2.95. The highest BCUT2D eigenvalue weighted by Gasteiger charge is 2.23. The molecule has 35 heavy (non-hydrogen) atoms. The Labute approximate surface area is 199 Å². The number of benzene rings is 2. The van der Waals surface area contributed by atoms with Crippen LogP contribution in [0.3, 0.4) is 0 Å². The number of aromatic amines is 1. The zero-order valence-electron chi connectivity index (χ0n) is 19.0. The molecule has 3 N–H and O–H groups in total. The second kappa shape index (κ2) is 9.85. The topological polar surface area (TPSA) is 123 Å². The van der Waals surface area contributed by atoms with Gasteiger partial charge in [-0.15, -0.1) is 0 Å². The summed E-state index contributed by atoms with van der Waals surface area (Å²) in [6, 6.07) is 12.3. The quantitative estimate of drug-likeness (QED) is 0.281. The number of hydrogen-bond donors (Lipinski definition) is 3. The van der Waals surface area contributed by atoms with Crippen molar-refractivity contribution in [2.75, 3.05) is 32.1 Å². The van der Waals surface area contributed by atoms with Gasteiger partial charge in [-0.25, -0.2) is 24.3 Å². The van der Waals surface area contributed by atoms with E-state index in [0.29, 0.717) is 53.4 Å². The van der Waals surface area contributed by atoms with E-state index in [9.17, 15) is 4.79 Å². The molecule has 0 spiro atoms. The van der Waals surface area contributed by atoms with Gasteiger partial charge in [0.25, 0.3) is 5.91 Å². The molecule has 3 aromatic heterocycles. The molecular formula is C24H23FN8O2. The average Bonchev–Trinajstić information content (AvgIpc) is 3.50. The van der Waals surface area contributed by atoms with Crippen molar-refractivity contribution >= 4 is 33.9 Å². The molecular weight excluding hydrogens is 451 g/mol. The van der Waals surface area contributed by atoms with E-state index in [4.69, 9.17) is 9.72 Å². The molecule has 10 nitrogen and oxygen atoms in total. The molecule has 5 rings (SSSR count). The van der Waals surface area contributed by atoms with Gasteiger partial charge in [0.1, 0.15) is 29.0 Å². The van der Waals surface area contributed by atoms with Crippen LogP contribution in [0.4, 0.5) is 10.2 Å². The zero-order valence-corrected chi connectivity index (χ0v) is 19.0. The Morgan fingerprint density at radius 2 is 1.97 bits per heavy atom. The maximum Gasteiger partial charge on any atom is 0.256 e. The van der Waals surface area contributed by atoms with Crippen molar-refractivity contribution in [1.82, 2.24) is 34.8 Å². The molecule has 178 valence electrons. The summed E-state index contributed by atoms with van der Waals surface area (Å²) >= 11 is 0. The van der Waals surface area contributed by atoms with Crippen molar-refractivity contribution in [3.05, 3.63) is 72.3 Å². The molecule has 0 saturated heterocycles. The summed E-state index contributed by atoms with van der Waals surface area (Å²) in [6.07, 6.45) is 3.49. The Morgan fingerprint density at radius 3 is 2.80 bits per heavy atom. The summed E-state index contributed by atoms with van der Waals surface area (Å²) in [7, 11) is 1.54. The molecule has 1 amide bonds. The number of nitrogens with one attached hydrogen (secondary N) is 3. The number of H-pyrrole nitrogens is 1. The normalized spacial score (nSPS) is 11.3. The van der Waals surface area contributed by atoms with Gasteiger partial charge in [-0.1, -0.05) is 18.2 Å². The van der Waals surface area contributed by atoms with E-state index < -0.39 is 11.7 Å². The number of anilines is 1. The van der Waals surface area contributed by atoms with Crippen molar-refractivity contribution in [3.63, 3.8) is 0 Å². The van der Waals surface area contributed by atoms with Crippen LogP contribution in [0.25, 0.3) is 27.9 Å². The second-order valence-corrected chi connectivity index (χ2v) is 7.74. The molecule has 11 heteroatoms. The van der Waals surface area contributed by atoms with Gasteiger partial charge in [0.05, 0.1) is 24.0 Å². The van der Waals surface area contributed by atoms with Gasteiger partial charge in [0, 0.05) is 32.3 Å². The van der Waals surface area contributed by atoms with E-state index in [0.717, 1.165) is 5.69 Å². The van der Waals surface area contributed by atoms with Crippen molar-refractivity contribution in [2.24, 2.45) is 0 Å². The lowest BCUT2D eigenvalue weighted by molar-refractivity contribution is 0.0934. The van der Waals surface area contributed by atoms with Gasteiger partial charge in [-0.2, -0.15) is 0 Å². The number of imidazole rings is 2. The molecule has 0 fully saturated rings. The molecule has 2 aromatic carbocycles. The third-order valence-corrected chi connectivity index (χ3v) is 5.53. The first-order valence-corrected chi connectivity index (χ1v) is 11.1. The van der Waals surface area contributed by atoms with Crippen LogP contribution in [0.2, 0.25) is 0 Å². The van der Waals surface area contributed by atoms with E-state index in [-0.39, 0.29) is 12.1 Å². The van der Waals surface area contributed by atoms with Crippen molar-refractivity contribution in [1.29, 1.82) is 0 Å². The first kappa shape index (κ1) is 22.4. The highest BCUT2D eigenvalue weighted by Crippen LogP contribution is 2.27. The lowest BCUT2D eigenvalue weighted by atomic mass is 10.1. The van der Waals surface area contributed by atoms with Crippen LogP contribution in [-0.4, -0.2) is 62.2 Å². The lowest BCUT2D eigenvalue weighted by Crippen LogP contribution is -2.28. The monoisotopic (exact) mass is 474 g/mol. The Morgan fingerprint density at radius 1 is 1.11 bits per heavy atom. The molecule has 0 aliphatic heterocycles. The molecule has 0 aliphatic rings. The molecule has 0 aliphatic carbocycles. The summed E-state index contributed by atoms with van der Waals surface area (Å²) < 4.78 is 21.8. The Kier molecular flexibility index (Phi) is 6.31. The molecule has 0 atom stereocenters. The number of para-hydroxylation sites is 1. The van der Waals surface area contributed by atoms with Gasteiger partial charge in [-0.3, -0.25) is 9.36 Å². The minimum Gasteiger partial charge on any atom is -0.383 e. The number of aromatic nitrogens is 6. The maximum absolute atomic E-state index is 15.0. The predicted molar refractivity (Wildman–Crippen MR) is 129 cm³/mol. The number of carbonyl (C=O) groups is 1. The van der Waals surface area contributed by atoms with Crippen LogP contribution in [0.15, 0.2) is 55.1 Å². The molecule has 3 heterocycles. The third-order valence-electron chi connectivity index (χ3n) is 5.53. The number of halogens is 1. The Hall–Kier alpha value is -4.38. The average molecular weight is 475 g/mol. The summed E-state index contributed by atoms with van der Waals surface area (Å²) in [4.78, 5) is 33.3. The number of rotatable bonds is 9. The number of ether oxygens (including phenoxy) is 1. The van der Waals surface area contributed by atoms with Crippen LogP contribution in [0.1, 0.15) is 16.2 Å². The largest absolute Gasteiger partial charge is 0.383 e. The van der Waals surface area contributed by atoms with E-state index in [2.05, 4.69) is 30.6 Å². The molecule has 5 aromatic rings. The predicted octanol–water partition coefficient (Wildman–Crippen LogP) is 2.86. The first-order chi connectivity index (χ1) is 17.2. The number of hydrogen-bond acceptors (Lipinski definition) is 7. The fraction of sp³-hybridized carbons (Fsp3) is 0.208. The summed E-state index contributed by atoms with van der Waals surface area (Å²) in [5.74, 6) is 0.163. The minimum absolute atomic E-state index is 0.0517. The Balaban J connectivity index is 1.52. The molecule has 0 bridgehead atoms. The van der Waals surface area contributed by atoms with Gasteiger partial charge in [0.2, 0.25) is 0 Å². The second-order valence-electron chi connectivity index (χ2n) is 7.74. The fourth-order valence-electron chi connectivity index (χ4n) is 3.98. The van der Waals surface area contributed by atoms with Gasteiger partial charge >= 0.3 is 0 Å². The standard InChI is InChI=1S/C24H23FN8O2/c1-35-12-11-27-24(34)19-16(25)7-8-17-21(19)33(15-5-3-2-4-6-15)18(32-17)9-10-26-22-20-23(29-13-28-20)31-14-30-22/h2-8,13-14H,9-12H2,1H3,(H,27,34)(H2,26,28,29,30,31). The Bertz CT molecular complexity index is 1480. The smallest absolute Gasteiger partial charge is 0.256 e. The number of amides is 1. The highest BCUT2D eigenvalue weighted by atomic mass is 19.1. The molecule has 0 unspecified atom stereocenters. The number of methoxy groups -OCH3 is 1. The SMILES string of the molecule is COCCNC(=O)c1c(F)ccc2nc(CCNc3ncnc4nc[nH]c34)n(-c3ccccc3)c12. The minimum atomic E-state index is -0.614. The number of fused-ring (bicyclic) bond motifs is 2. The molecule has 0 saturated carbocycles. The van der Waals surface area contributed by atoms with Crippen LogP contribution in [-0.2, 0) is 11.2 Å². The van der Waals surface area contributed by atoms with Gasteiger partial charge in [0.15, 0.2) is 11.5 Å². The van der Waals surface area contributed by atoms with Crippen LogP contribution < -0.4 is 10.6 Å². The van der Waals surface area contributed by atoms with Crippen molar-refractivity contribution < 1.29 is 13.9 Å². The molecule has 0 radical (unpaired) electrons. The van der Waals surface area contributed by atoms with Crippen LogP contribution in [0.5, 0.6) is 0 Å². The zero-order chi connectivity index (χ0) is 24.2. The number of carbonyl (C=O) groups excluding carboxylic acids is 1. The van der Waals surface area contributed by atoms with Gasteiger partial charge in [-0.05, 0) is 24.3 Å².